The Morgan fingerprint density at radius 3 is 2.93 bits per heavy atom. The van der Waals surface area contributed by atoms with E-state index in [2.05, 4.69) is 39.9 Å². The van der Waals surface area contributed by atoms with Crippen LogP contribution in [0.5, 0.6) is 0 Å². The van der Waals surface area contributed by atoms with Crippen LogP contribution in [-0.2, 0) is 16.1 Å². The lowest BCUT2D eigenvalue weighted by Gasteiger charge is -2.21. The molecule has 2 aromatic rings. The maximum atomic E-state index is 12.7. The standard InChI is InChI=1S/C19H27N5O2S/c1-3-8-17(15-9-5-4-6-10-15)20-18(25)14(2)27-19-21-22-23-24(19)13-16-11-7-12-26-16/h4-6,9-10,14,16-17H,3,7-8,11-13H2,1-2H3,(H,20,25)/t14-,16-,17+/m1/s1. The van der Waals surface area contributed by atoms with Crippen molar-refractivity contribution in [2.24, 2.45) is 0 Å². The first kappa shape index (κ1) is 19.8. The molecule has 0 bridgehead atoms. The molecule has 0 saturated carbocycles. The molecule has 7 nitrogen and oxygen atoms in total. The number of amides is 1. The molecule has 1 N–H and O–H groups in total. The van der Waals surface area contributed by atoms with Gasteiger partial charge in [-0.3, -0.25) is 4.79 Å². The van der Waals surface area contributed by atoms with Gasteiger partial charge in [-0.2, -0.15) is 0 Å². The summed E-state index contributed by atoms with van der Waals surface area (Å²) in [7, 11) is 0. The van der Waals surface area contributed by atoms with Crippen molar-refractivity contribution in [3.8, 4) is 0 Å². The average Bonchev–Trinajstić information content (AvgIpc) is 3.35. The summed E-state index contributed by atoms with van der Waals surface area (Å²) >= 11 is 1.38. The van der Waals surface area contributed by atoms with Crippen LogP contribution in [0.1, 0.15) is 51.1 Å². The number of rotatable bonds is 9. The van der Waals surface area contributed by atoms with Crippen molar-refractivity contribution in [2.75, 3.05) is 6.61 Å². The zero-order chi connectivity index (χ0) is 19.1. The molecule has 146 valence electrons. The fourth-order valence-electron chi connectivity index (χ4n) is 3.17. The first-order chi connectivity index (χ1) is 13.2. The molecule has 2 heterocycles. The van der Waals surface area contributed by atoms with Crippen molar-refractivity contribution in [1.29, 1.82) is 0 Å². The lowest BCUT2D eigenvalue weighted by molar-refractivity contribution is -0.121. The fraction of sp³-hybridized carbons (Fsp3) is 0.579. The van der Waals surface area contributed by atoms with Gasteiger partial charge in [-0.05, 0) is 42.2 Å². The number of tetrazole rings is 1. The minimum atomic E-state index is -0.290. The summed E-state index contributed by atoms with van der Waals surface area (Å²) < 4.78 is 7.40. The summed E-state index contributed by atoms with van der Waals surface area (Å²) in [5, 5.41) is 15.4. The third-order valence-electron chi connectivity index (χ3n) is 4.65. The normalized spacial score (nSPS) is 19.0. The lowest BCUT2D eigenvalue weighted by Crippen LogP contribution is -2.34. The van der Waals surface area contributed by atoms with Gasteiger partial charge in [-0.15, -0.1) is 5.10 Å². The summed E-state index contributed by atoms with van der Waals surface area (Å²) in [4.78, 5) is 12.7. The van der Waals surface area contributed by atoms with E-state index < -0.39 is 0 Å². The van der Waals surface area contributed by atoms with Gasteiger partial charge in [-0.1, -0.05) is 55.4 Å². The maximum Gasteiger partial charge on any atom is 0.233 e. The van der Waals surface area contributed by atoms with E-state index in [-0.39, 0.29) is 23.3 Å². The van der Waals surface area contributed by atoms with Crippen LogP contribution in [0, 0.1) is 0 Å². The van der Waals surface area contributed by atoms with Gasteiger partial charge in [0.25, 0.3) is 0 Å². The van der Waals surface area contributed by atoms with Crippen molar-refractivity contribution >= 4 is 17.7 Å². The molecule has 1 aliphatic rings. The number of hydrogen-bond donors (Lipinski definition) is 1. The van der Waals surface area contributed by atoms with Gasteiger partial charge >= 0.3 is 0 Å². The van der Waals surface area contributed by atoms with E-state index in [1.165, 1.54) is 11.8 Å². The van der Waals surface area contributed by atoms with Gasteiger partial charge in [0.1, 0.15) is 0 Å². The van der Waals surface area contributed by atoms with E-state index >= 15 is 0 Å². The van der Waals surface area contributed by atoms with Crippen LogP contribution in [0.15, 0.2) is 35.5 Å². The van der Waals surface area contributed by atoms with Crippen molar-refractivity contribution in [1.82, 2.24) is 25.5 Å². The van der Waals surface area contributed by atoms with Crippen LogP contribution in [0.3, 0.4) is 0 Å². The highest BCUT2D eigenvalue weighted by Gasteiger charge is 2.24. The Labute approximate surface area is 164 Å². The molecule has 1 fully saturated rings. The molecule has 8 heteroatoms. The molecular formula is C19H27N5O2S. The Morgan fingerprint density at radius 1 is 1.41 bits per heavy atom. The van der Waals surface area contributed by atoms with Crippen LogP contribution in [0.25, 0.3) is 0 Å². The topological polar surface area (TPSA) is 81.9 Å². The van der Waals surface area contributed by atoms with Gasteiger partial charge in [0.2, 0.25) is 11.1 Å². The fourth-order valence-corrected chi connectivity index (χ4v) is 3.98. The number of hydrogen-bond acceptors (Lipinski definition) is 6. The molecule has 0 spiro atoms. The zero-order valence-electron chi connectivity index (χ0n) is 15.9. The van der Waals surface area contributed by atoms with Crippen molar-refractivity contribution in [3.63, 3.8) is 0 Å². The molecule has 1 aromatic heterocycles. The van der Waals surface area contributed by atoms with Crippen LogP contribution >= 0.6 is 11.8 Å². The quantitative estimate of drug-likeness (QED) is 0.664. The Balaban J connectivity index is 1.59. The summed E-state index contributed by atoms with van der Waals surface area (Å²) in [6.07, 6.45) is 4.16. The highest BCUT2D eigenvalue weighted by atomic mass is 32.2. The molecule has 1 aromatic carbocycles. The second-order valence-electron chi connectivity index (χ2n) is 6.80. The van der Waals surface area contributed by atoms with Crippen molar-refractivity contribution in [3.05, 3.63) is 35.9 Å². The van der Waals surface area contributed by atoms with Gasteiger partial charge in [-0.25, -0.2) is 4.68 Å². The lowest BCUT2D eigenvalue weighted by atomic mass is 10.0. The highest BCUT2D eigenvalue weighted by Crippen LogP contribution is 2.24. The minimum Gasteiger partial charge on any atom is -0.376 e. The third-order valence-corrected chi connectivity index (χ3v) is 5.72. The highest BCUT2D eigenvalue weighted by molar-refractivity contribution is 8.00. The molecular weight excluding hydrogens is 362 g/mol. The molecule has 3 atom stereocenters. The number of benzene rings is 1. The van der Waals surface area contributed by atoms with Crippen LogP contribution in [-0.4, -0.2) is 44.1 Å². The summed E-state index contributed by atoms with van der Waals surface area (Å²) in [5.74, 6) is -0.00558. The number of ether oxygens (including phenoxy) is 1. The molecule has 1 amide bonds. The molecule has 1 saturated heterocycles. The van der Waals surface area contributed by atoms with E-state index in [1.807, 2.05) is 25.1 Å². The van der Waals surface area contributed by atoms with Gasteiger partial charge in [0, 0.05) is 6.61 Å². The second kappa shape index (κ2) is 9.85. The largest absolute Gasteiger partial charge is 0.376 e. The van der Waals surface area contributed by atoms with E-state index in [0.717, 1.165) is 37.9 Å². The SMILES string of the molecule is CCC[C@H](NC(=O)[C@@H](C)Sc1nnnn1C[C@H]1CCCO1)c1ccccc1. The van der Waals surface area contributed by atoms with Crippen LogP contribution < -0.4 is 5.32 Å². The predicted molar refractivity (Wildman–Crippen MR) is 104 cm³/mol. The predicted octanol–water partition coefficient (Wildman–Crippen LogP) is 2.99. The van der Waals surface area contributed by atoms with E-state index in [1.54, 1.807) is 4.68 Å². The first-order valence-corrected chi connectivity index (χ1v) is 10.4. The van der Waals surface area contributed by atoms with E-state index in [9.17, 15) is 4.79 Å². The molecule has 1 aliphatic heterocycles. The van der Waals surface area contributed by atoms with E-state index in [4.69, 9.17) is 4.74 Å². The minimum absolute atomic E-state index is 0.00558. The average molecular weight is 390 g/mol. The molecule has 3 rings (SSSR count). The van der Waals surface area contributed by atoms with Crippen LogP contribution in [0.2, 0.25) is 0 Å². The van der Waals surface area contributed by atoms with Crippen molar-refractivity contribution in [2.45, 2.75) is 68.6 Å². The number of carbonyl (C=O) groups excluding carboxylic acids is 1. The number of nitrogens with zero attached hydrogens (tertiary/aromatic N) is 4. The maximum absolute atomic E-state index is 12.7. The smallest absolute Gasteiger partial charge is 0.233 e. The second-order valence-corrected chi connectivity index (χ2v) is 8.11. The molecule has 0 unspecified atom stereocenters. The number of nitrogens with one attached hydrogen (secondary N) is 1. The van der Waals surface area contributed by atoms with Crippen LogP contribution in [0.4, 0.5) is 0 Å². The Hall–Kier alpha value is -1.93. The monoisotopic (exact) mass is 389 g/mol. The Kier molecular flexibility index (Phi) is 7.23. The van der Waals surface area contributed by atoms with E-state index in [0.29, 0.717) is 11.7 Å². The first-order valence-electron chi connectivity index (χ1n) is 9.57. The summed E-state index contributed by atoms with van der Waals surface area (Å²) in [6, 6.07) is 10.1. The van der Waals surface area contributed by atoms with Crippen molar-refractivity contribution < 1.29 is 9.53 Å². The van der Waals surface area contributed by atoms with Gasteiger partial charge < -0.3 is 10.1 Å². The Morgan fingerprint density at radius 2 is 2.22 bits per heavy atom. The summed E-state index contributed by atoms with van der Waals surface area (Å²) in [5.41, 5.74) is 1.13. The van der Waals surface area contributed by atoms with Gasteiger partial charge in [0.05, 0.1) is 23.9 Å². The van der Waals surface area contributed by atoms with Gasteiger partial charge in [0.15, 0.2) is 0 Å². The molecule has 27 heavy (non-hydrogen) atoms. The number of carbonyl (C=O) groups is 1. The molecule has 0 aliphatic carbocycles. The molecule has 0 radical (unpaired) electrons. The zero-order valence-corrected chi connectivity index (χ0v) is 16.7. The Bertz CT molecular complexity index is 718. The number of thioether (sulfide) groups is 1. The third kappa shape index (κ3) is 5.52. The number of aromatic nitrogens is 4. The summed E-state index contributed by atoms with van der Waals surface area (Å²) in [6.45, 7) is 5.44.